The molecule has 1 aromatic heterocycles. The molecule has 6 heteroatoms. The largest absolute Gasteiger partial charge is 0.468 e. The molecule has 2 aromatic carbocycles. The molecule has 0 radical (unpaired) electrons. The van der Waals surface area contributed by atoms with Crippen molar-refractivity contribution in [2.24, 2.45) is 0 Å². The molecule has 0 saturated carbocycles. The molecule has 0 aliphatic carbocycles. The Morgan fingerprint density at radius 1 is 1.04 bits per heavy atom. The molecular weight excluding hydrogens is 350 g/mol. The van der Waals surface area contributed by atoms with Crippen LogP contribution in [0, 0.1) is 6.92 Å². The highest BCUT2D eigenvalue weighted by molar-refractivity contribution is 7.91. The van der Waals surface area contributed by atoms with E-state index in [0.29, 0.717) is 11.3 Å². The molecule has 5 nitrogen and oxygen atoms in total. The third-order valence-electron chi connectivity index (χ3n) is 4.04. The molecule has 0 unspecified atom stereocenters. The molecule has 26 heavy (non-hydrogen) atoms. The van der Waals surface area contributed by atoms with E-state index in [9.17, 15) is 13.2 Å². The van der Waals surface area contributed by atoms with E-state index in [1.54, 1.807) is 48.5 Å². The second kappa shape index (κ2) is 7.58. The van der Waals surface area contributed by atoms with E-state index in [2.05, 4.69) is 5.32 Å². The van der Waals surface area contributed by atoms with Crippen LogP contribution in [-0.4, -0.2) is 20.9 Å². The lowest BCUT2D eigenvalue weighted by molar-refractivity contribution is 0.0953. The molecule has 1 amide bonds. The molecule has 0 saturated heterocycles. The summed E-state index contributed by atoms with van der Waals surface area (Å²) in [6, 6.07) is 18.5. The van der Waals surface area contributed by atoms with Gasteiger partial charge in [-0.15, -0.1) is 0 Å². The molecule has 1 N–H and O–H groups in total. The van der Waals surface area contributed by atoms with Gasteiger partial charge in [0.1, 0.15) is 11.0 Å². The molecular formula is C20H19NO4S. The average Bonchev–Trinajstić information content (AvgIpc) is 3.16. The van der Waals surface area contributed by atoms with Crippen molar-refractivity contribution in [1.29, 1.82) is 0 Å². The molecule has 0 aliphatic rings. The van der Waals surface area contributed by atoms with Crippen LogP contribution in [0.3, 0.4) is 0 Å². The lowest BCUT2D eigenvalue weighted by atomic mass is 10.1. The number of aryl methyl sites for hydroxylation is 1. The lowest BCUT2D eigenvalue weighted by Crippen LogP contribution is -2.31. The number of carbonyl (C=O) groups is 1. The standard InChI is InChI=1S/C20H19NO4S/c1-15-7-5-8-16(13-15)20(22)21-14-19(18-11-6-12-25-18)26(23,24)17-9-3-2-4-10-17/h2-13,19H,14H2,1H3,(H,21,22)/t19-/m0/s1. The zero-order valence-corrected chi connectivity index (χ0v) is 15.1. The first kappa shape index (κ1) is 17.9. The molecule has 0 spiro atoms. The summed E-state index contributed by atoms with van der Waals surface area (Å²) in [6.45, 7) is 1.81. The van der Waals surface area contributed by atoms with Gasteiger partial charge in [0.05, 0.1) is 11.2 Å². The van der Waals surface area contributed by atoms with Gasteiger partial charge in [0.25, 0.3) is 5.91 Å². The summed E-state index contributed by atoms with van der Waals surface area (Å²) in [5.41, 5.74) is 1.44. The van der Waals surface area contributed by atoms with Crippen molar-refractivity contribution in [1.82, 2.24) is 5.32 Å². The highest BCUT2D eigenvalue weighted by Gasteiger charge is 2.31. The monoisotopic (exact) mass is 369 g/mol. The Kier molecular flexibility index (Phi) is 5.23. The summed E-state index contributed by atoms with van der Waals surface area (Å²) >= 11 is 0. The van der Waals surface area contributed by atoms with Gasteiger partial charge in [-0.05, 0) is 43.3 Å². The molecule has 0 bridgehead atoms. The fraction of sp³-hybridized carbons (Fsp3) is 0.150. The van der Waals surface area contributed by atoms with E-state index in [1.165, 1.54) is 18.4 Å². The van der Waals surface area contributed by atoms with Crippen LogP contribution in [0.2, 0.25) is 0 Å². The topological polar surface area (TPSA) is 76.4 Å². The lowest BCUT2D eigenvalue weighted by Gasteiger charge is -2.17. The smallest absolute Gasteiger partial charge is 0.251 e. The van der Waals surface area contributed by atoms with Gasteiger partial charge in [0.15, 0.2) is 9.84 Å². The van der Waals surface area contributed by atoms with Crippen LogP contribution in [0.15, 0.2) is 82.3 Å². The van der Waals surface area contributed by atoms with Crippen molar-refractivity contribution in [2.75, 3.05) is 6.54 Å². The van der Waals surface area contributed by atoms with Gasteiger partial charge in [-0.25, -0.2) is 8.42 Å². The fourth-order valence-electron chi connectivity index (χ4n) is 2.69. The minimum atomic E-state index is -3.72. The highest BCUT2D eigenvalue weighted by atomic mass is 32.2. The van der Waals surface area contributed by atoms with Gasteiger partial charge < -0.3 is 9.73 Å². The van der Waals surface area contributed by atoms with E-state index in [4.69, 9.17) is 4.42 Å². The molecule has 0 fully saturated rings. The molecule has 134 valence electrons. The predicted octanol–water partition coefficient (Wildman–Crippen LogP) is 3.53. The van der Waals surface area contributed by atoms with Crippen molar-refractivity contribution in [3.8, 4) is 0 Å². The van der Waals surface area contributed by atoms with Crippen LogP contribution in [0.25, 0.3) is 0 Å². The quantitative estimate of drug-likeness (QED) is 0.721. The van der Waals surface area contributed by atoms with Crippen LogP contribution in [0.5, 0.6) is 0 Å². The summed E-state index contributed by atoms with van der Waals surface area (Å²) in [7, 11) is -3.72. The zero-order valence-electron chi connectivity index (χ0n) is 14.3. The van der Waals surface area contributed by atoms with Gasteiger partial charge in [0, 0.05) is 12.1 Å². The number of carbonyl (C=O) groups excluding carboxylic acids is 1. The van der Waals surface area contributed by atoms with E-state index in [1.807, 2.05) is 13.0 Å². The SMILES string of the molecule is Cc1cccc(C(=O)NC[C@@H](c2ccco2)S(=O)(=O)c2ccccc2)c1. The maximum Gasteiger partial charge on any atom is 0.251 e. The first-order valence-corrected chi connectivity index (χ1v) is 9.70. The summed E-state index contributed by atoms with van der Waals surface area (Å²) in [5.74, 6) is -0.0353. The first-order chi connectivity index (χ1) is 12.5. The Bertz CT molecular complexity index is 980. The normalized spacial score (nSPS) is 12.5. The van der Waals surface area contributed by atoms with E-state index >= 15 is 0 Å². The third kappa shape index (κ3) is 3.86. The van der Waals surface area contributed by atoms with E-state index < -0.39 is 15.1 Å². The Balaban J connectivity index is 1.85. The highest BCUT2D eigenvalue weighted by Crippen LogP contribution is 2.28. The Hall–Kier alpha value is -2.86. The van der Waals surface area contributed by atoms with Gasteiger partial charge >= 0.3 is 0 Å². The number of hydrogen-bond acceptors (Lipinski definition) is 4. The average molecular weight is 369 g/mol. The zero-order chi connectivity index (χ0) is 18.6. The second-order valence-electron chi connectivity index (χ2n) is 5.94. The second-order valence-corrected chi connectivity index (χ2v) is 8.07. The summed E-state index contributed by atoms with van der Waals surface area (Å²) in [6.07, 6.45) is 1.42. The molecule has 1 atom stereocenters. The van der Waals surface area contributed by atoms with Crippen molar-refractivity contribution in [3.05, 3.63) is 89.9 Å². The molecule has 3 aromatic rings. The Labute approximate surface area is 152 Å². The van der Waals surface area contributed by atoms with E-state index in [0.717, 1.165) is 5.56 Å². The van der Waals surface area contributed by atoms with Gasteiger partial charge in [-0.2, -0.15) is 0 Å². The van der Waals surface area contributed by atoms with Crippen LogP contribution in [0.4, 0.5) is 0 Å². The molecule has 1 heterocycles. The Morgan fingerprint density at radius 3 is 2.46 bits per heavy atom. The summed E-state index contributed by atoms with van der Waals surface area (Å²) < 4.78 is 31.4. The first-order valence-electron chi connectivity index (χ1n) is 8.15. The number of nitrogens with one attached hydrogen (secondary N) is 1. The van der Waals surface area contributed by atoms with Crippen molar-refractivity contribution >= 4 is 15.7 Å². The number of benzene rings is 2. The van der Waals surface area contributed by atoms with Gasteiger partial charge in [-0.1, -0.05) is 35.9 Å². The summed E-state index contributed by atoms with van der Waals surface area (Å²) in [4.78, 5) is 12.6. The Morgan fingerprint density at radius 2 is 1.81 bits per heavy atom. The van der Waals surface area contributed by atoms with Gasteiger partial charge in [-0.3, -0.25) is 4.79 Å². The number of amides is 1. The van der Waals surface area contributed by atoms with Crippen LogP contribution in [0.1, 0.15) is 26.9 Å². The molecule has 0 aliphatic heterocycles. The van der Waals surface area contributed by atoms with Crippen LogP contribution < -0.4 is 5.32 Å². The van der Waals surface area contributed by atoms with Gasteiger partial charge in [0.2, 0.25) is 0 Å². The van der Waals surface area contributed by atoms with Crippen molar-refractivity contribution in [2.45, 2.75) is 17.1 Å². The number of hydrogen-bond donors (Lipinski definition) is 1. The molecule has 3 rings (SSSR count). The van der Waals surface area contributed by atoms with Crippen molar-refractivity contribution < 1.29 is 17.6 Å². The minimum absolute atomic E-state index is 0.0858. The fourth-order valence-corrected chi connectivity index (χ4v) is 4.29. The summed E-state index contributed by atoms with van der Waals surface area (Å²) in [5, 5.41) is 1.71. The third-order valence-corrected chi connectivity index (χ3v) is 6.11. The number of furan rings is 1. The maximum atomic E-state index is 13.0. The van der Waals surface area contributed by atoms with Crippen LogP contribution in [-0.2, 0) is 9.84 Å². The number of rotatable bonds is 6. The maximum absolute atomic E-state index is 13.0. The van der Waals surface area contributed by atoms with Crippen LogP contribution >= 0.6 is 0 Å². The number of sulfone groups is 1. The van der Waals surface area contributed by atoms with Crippen molar-refractivity contribution in [3.63, 3.8) is 0 Å². The van der Waals surface area contributed by atoms with E-state index in [-0.39, 0.29) is 17.3 Å². The minimum Gasteiger partial charge on any atom is -0.468 e. The predicted molar refractivity (Wildman–Crippen MR) is 98.6 cm³/mol.